The van der Waals surface area contributed by atoms with E-state index in [0.717, 1.165) is 25.1 Å². The predicted octanol–water partition coefficient (Wildman–Crippen LogP) is 2.89. The van der Waals surface area contributed by atoms with Gasteiger partial charge in [0.1, 0.15) is 0 Å². The number of anilines is 1. The molecule has 0 atom stereocenters. The Bertz CT molecular complexity index is 407. The van der Waals surface area contributed by atoms with Gasteiger partial charge in [0, 0.05) is 43.1 Å². The summed E-state index contributed by atoms with van der Waals surface area (Å²) in [5, 5.41) is 3.51. The van der Waals surface area contributed by atoms with E-state index in [1.165, 1.54) is 50.5 Å². The van der Waals surface area contributed by atoms with Gasteiger partial charge >= 0.3 is 0 Å². The highest BCUT2D eigenvalue weighted by Crippen LogP contribution is 2.25. The molecule has 20 heavy (non-hydrogen) atoms. The summed E-state index contributed by atoms with van der Waals surface area (Å²) in [4.78, 5) is 11.6. The first-order chi connectivity index (χ1) is 9.86. The quantitative estimate of drug-likeness (QED) is 0.866. The summed E-state index contributed by atoms with van der Waals surface area (Å²) in [7, 11) is 0. The zero-order chi connectivity index (χ0) is 13.8. The molecule has 2 aliphatic rings. The molecule has 110 valence electrons. The smallest absolute Gasteiger partial charge is 0.225 e. The summed E-state index contributed by atoms with van der Waals surface area (Å²) < 4.78 is 0. The van der Waals surface area contributed by atoms with Crippen LogP contribution in [0.4, 0.5) is 5.95 Å². The summed E-state index contributed by atoms with van der Waals surface area (Å²) in [6.07, 6.45) is 13.3. The van der Waals surface area contributed by atoms with Gasteiger partial charge < -0.3 is 10.2 Å². The van der Waals surface area contributed by atoms with Crippen LogP contribution in [0.3, 0.4) is 0 Å². The number of nitrogens with zero attached hydrogens (tertiary/aromatic N) is 3. The molecule has 0 aliphatic heterocycles. The minimum Gasteiger partial charge on any atom is -0.338 e. The molecule has 1 aromatic rings. The number of nitrogens with one attached hydrogen (secondary N) is 1. The van der Waals surface area contributed by atoms with Crippen LogP contribution in [-0.2, 0) is 6.54 Å². The molecule has 1 N–H and O–H groups in total. The lowest BCUT2D eigenvalue weighted by Gasteiger charge is -2.33. The summed E-state index contributed by atoms with van der Waals surface area (Å²) in [6.45, 7) is 4.12. The van der Waals surface area contributed by atoms with E-state index in [0.29, 0.717) is 6.04 Å². The summed E-state index contributed by atoms with van der Waals surface area (Å²) in [5.74, 6) is 0.912. The van der Waals surface area contributed by atoms with Gasteiger partial charge in [-0.25, -0.2) is 9.97 Å². The van der Waals surface area contributed by atoms with Crippen LogP contribution < -0.4 is 10.2 Å². The standard InChI is InChI=1S/C16H26N4/c1-2-20(15-6-4-3-5-7-15)16-18-11-13(12-19-16)10-17-14-8-9-14/h11-12,14-15,17H,2-10H2,1H3. The van der Waals surface area contributed by atoms with E-state index in [4.69, 9.17) is 0 Å². The van der Waals surface area contributed by atoms with Gasteiger partial charge in [0.15, 0.2) is 0 Å². The summed E-state index contributed by atoms with van der Waals surface area (Å²) in [5.41, 5.74) is 1.19. The first kappa shape index (κ1) is 13.8. The van der Waals surface area contributed by atoms with E-state index >= 15 is 0 Å². The third-order valence-corrected chi connectivity index (χ3v) is 4.48. The monoisotopic (exact) mass is 274 g/mol. The van der Waals surface area contributed by atoms with Crippen molar-refractivity contribution in [1.29, 1.82) is 0 Å². The van der Waals surface area contributed by atoms with Crippen molar-refractivity contribution in [3.8, 4) is 0 Å². The maximum absolute atomic E-state index is 4.60. The Balaban J connectivity index is 1.61. The van der Waals surface area contributed by atoms with Crippen molar-refractivity contribution in [3.63, 3.8) is 0 Å². The van der Waals surface area contributed by atoms with Gasteiger partial charge in [0.2, 0.25) is 5.95 Å². The maximum atomic E-state index is 4.60. The minimum atomic E-state index is 0.643. The van der Waals surface area contributed by atoms with Crippen molar-refractivity contribution in [2.75, 3.05) is 11.4 Å². The van der Waals surface area contributed by atoms with E-state index in [1.807, 2.05) is 12.4 Å². The van der Waals surface area contributed by atoms with Crippen LogP contribution in [-0.4, -0.2) is 28.6 Å². The molecule has 0 bridgehead atoms. The number of hydrogen-bond acceptors (Lipinski definition) is 4. The molecule has 0 saturated heterocycles. The second kappa shape index (κ2) is 6.53. The average molecular weight is 274 g/mol. The van der Waals surface area contributed by atoms with Crippen molar-refractivity contribution >= 4 is 5.95 Å². The second-order valence-electron chi connectivity index (χ2n) is 6.12. The molecule has 0 aromatic carbocycles. The molecule has 4 heteroatoms. The number of hydrogen-bond donors (Lipinski definition) is 1. The van der Waals surface area contributed by atoms with Gasteiger partial charge in [-0.3, -0.25) is 0 Å². The van der Waals surface area contributed by atoms with Crippen LogP contribution in [0.1, 0.15) is 57.4 Å². The highest BCUT2D eigenvalue weighted by molar-refractivity contribution is 5.31. The van der Waals surface area contributed by atoms with Crippen molar-refractivity contribution in [2.24, 2.45) is 0 Å². The van der Waals surface area contributed by atoms with Crippen molar-refractivity contribution in [2.45, 2.75) is 70.5 Å². The van der Waals surface area contributed by atoms with Crippen molar-refractivity contribution in [3.05, 3.63) is 18.0 Å². The molecule has 2 aliphatic carbocycles. The molecule has 2 saturated carbocycles. The predicted molar refractivity (Wildman–Crippen MR) is 81.8 cm³/mol. The molecule has 3 rings (SSSR count). The largest absolute Gasteiger partial charge is 0.338 e. The molecule has 1 aromatic heterocycles. The zero-order valence-corrected chi connectivity index (χ0v) is 12.5. The molecule has 1 heterocycles. The fraction of sp³-hybridized carbons (Fsp3) is 0.750. The Kier molecular flexibility index (Phi) is 4.51. The van der Waals surface area contributed by atoms with E-state index in [-0.39, 0.29) is 0 Å². The first-order valence-corrected chi connectivity index (χ1v) is 8.17. The highest BCUT2D eigenvalue weighted by Gasteiger charge is 2.22. The van der Waals surface area contributed by atoms with Crippen LogP contribution in [0, 0.1) is 0 Å². The molecule has 2 fully saturated rings. The lowest BCUT2D eigenvalue weighted by Crippen LogP contribution is -2.37. The van der Waals surface area contributed by atoms with E-state index in [2.05, 4.69) is 27.1 Å². The Hall–Kier alpha value is -1.16. The Morgan fingerprint density at radius 2 is 1.80 bits per heavy atom. The fourth-order valence-electron chi connectivity index (χ4n) is 3.09. The Morgan fingerprint density at radius 3 is 2.40 bits per heavy atom. The molecule has 0 amide bonds. The molecule has 0 spiro atoms. The van der Waals surface area contributed by atoms with Crippen LogP contribution in [0.2, 0.25) is 0 Å². The SMILES string of the molecule is CCN(c1ncc(CNC2CC2)cn1)C1CCCCC1. The van der Waals surface area contributed by atoms with E-state index in [9.17, 15) is 0 Å². The fourth-order valence-corrected chi connectivity index (χ4v) is 3.09. The van der Waals surface area contributed by atoms with E-state index < -0.39 is 0 Å². The number of aromatic nitrogens is 2. The van der Waals surface area contributed by atoms with Crippen molar-refractivity contribution < 1.29 is 0 Å². The molecule has 4 nitrogen and oxygen atoms in total. The lowest BCUT2D eigenvalue weighted by atomic mass is 9.94. The molecule has 0 unspecified atom stereocenters. The second-order valence-corrected chi connectivity index (χ2v) is 6.12. The lowest BCUT2D eigenvalue weighted by molar-refractivity contribution is 0.414. The molecule has 0 radical (unpaired) electrons. The first-order valence-electron chi connectivity index (χ1n) is 8.17. The maximum Gasteiger partial charge on any atom is 0.225 e. The average Bonchev–Trinajstić information content (AvgIpc) is 3.33. The van der Waals surface area contributed by atoms with Gasteiger partial charge in [-0.05, 0) is 32.6 Å². The normalized spacial score (nSPS) is 20.1. The minimum absolute atomic E-state index is 0.643. The van der Waals surface area contributed by atoms with Gasteiger partial charge in [-0.2, -0.15) is 0 Å². The van der Waals surface area contributed by atoms with Crippen LogP contribution in [0.5, 0.6) is 0 Å². The van der Waals surface area contributed by atoms with Gasteiger partial charge in [0.05, 0.1) is 0 Å². The van der Waals surface area contributed by atoms with Crippen molar-refractivity contribution in [1.82, 2.24) is 15.3 Å². The van der Waals surface area contributed by atoms with Gasteiger partial charge in [-0.1, -0.05) is 19.3 Å². The van der Waals surface area contributed by atoms with Crippen LogP contribution >= 0.6 is 0 Å². The summed E-state index contributed by atoms with van der Waals surface area (Å²) >= 11 is 0. The zero-order valence-electron chi connectivity index (χ0n) is 12.5. The molecular formula is C16H26N4. The summed E-state index contributed by atoms with van der Waals surface area (Å²) in [6, 6.07) is 1.38. The third kappa shape index (κ3) is 3.48. The van der Waals surface area contributed by atoms with Crippen LogP contribution in [0.25, 0.3) is 0 Å². The van der Waals surface area contributed by atoms with Gasteiger partial charge in [0.25, 0.3) is 0 Å². The number of rotatable bonds is 6. The van der Waals surface area contributed by atoms with Crippen LogP contribution in [0.15, 0.2) is 12.4 Å². The topological polar surface area (TPSA) is 41.1 Å². The molecular weight excluding hydrogens is 248 g/mol. The Labute approximate surface area is 122 Å². The Morgan fingerprint density at radius 1 is 1.10 bits per heavy atom. The van der Waals surface area contributed by atoms with E-state index in [1.54, 1.807) is 0 Å². The van der Waals surface area contributed by atoms with Gasteiger partial charge in [-0.15, -0.1) is 0 Å². The third-order valence-electron chi connectivity index (χ3n) is 4.48. The highest BCUT2D eigenvalue weighted by atomic mass is 15.3.